The van der Waals surface area contributed by atoms with E-state index in [-0.39, 0.29) is 24.6 Å². The lowest BCUT2D eigenvalue weighted by Crippen LogP contribution is -2.32. The summed E-state index contributed by atoms with van der Waals surface area (Å²) in [6, 6.07) is 13.1. The van der Waals surface area contributed by atoms with Gasteiger partial charge in [-0.1, -0.05) is 51.1 Å². The summed E-state index contributed by atoms with van der Waals surface area (Å²) in [7, 11) is -3.98. The monoisotopic (exact) mass is 392 g/mol. The fraction of sp³-hybridized carbons (Fsp3) is 0.350. The molecule has 0 bridgehead atoms. The normalized spacial score (nSPS) is 12.8. The van der Waals surface area contributed by atoms with Gasteiger partial charge in [0, 0.05) is 25.2 Å². The Morgan fingerprint density at radius 1 is 1.11 bits per heavy atom. The van der Waals surface area contributed by atoms with Crippen LogP contribution in [0.5, 0.6) is 0 Å². The van der Waals surface area contributed by atoms with E-state index in [9.17, 15) is 17.6 Å². The predicted molar refractivity (Wildman–Crippen MR) is 104 cm³/mol. The number of benzene rings is 2. The molecule has 0 heterocycles. The Bertz CT molecular complexity index is 881. The smallest absolute Gasteiger partial charge is 0.251 e. The zero-order chi connectivity index (χ0) is 20.0. The highest BCUT2D eigenvalue weighted by molar-refractivity contribution is 7.89. The molecule has 0 saturated heterocycles. The second-order valence-corrected chi connectivity index (χ2v) is 8.16. The van der Waals surface area contributed by atoms with Crippen LogP contribution in [0.3, 0.4) is 0 Å². The van der Waals surface area contributed by atoms with E-state index in [2.05, 4.69) is 5.32 Å². The lowest BCUT2D eigenvalue weighted by Gasteiger charge is -2.19. The summed E-state index contributed by atoms with van der Waals surface area (Å²) in [5.74, 6) is -1.21. The first-order valence-corrected chi connectivity index (χ1v) is 10.4. The van der Waals surface area contributed by atoms with Gasteiger partial charge in [0.25, 0.3) is 5.91 Å². The van der Waals surface area contributed by atoms with Gasteiger partial charge in [-0.05, 0) is 29.7 Å². The summed E-state index contributed by atoms with van der Waals surface area (Å²) in [4.78, 5) is 12.0. The SMILES string of the molecule is CCN(CC)S(=O)(=O)c1cc(C(=O)NCC(C)c2ccccc2)ccc1F. The van der Waals surface area contributed by atoms with Crippen LogP contribution in [0.4, 0.5) is 4.39 Å². The zero-order valence-electron chi connectivity index (χ0n) is 15.8. The van der Waals surface area contributed by atoms with Crippen LogP contribution in [0.15, 0.2) is 53.4 Å². The van der Waals surface area contributed by atoms with Gasteiger partial charge in [0.05, 0.1) is 0 Å². The summed E-state index contributed by atoms with van der Waals surface area (Å²) in [6.45, 7) is 6.18. The zero-order valence-corrected chi connectivity index (χ0v) is 16.6. The molecule has 0 spiro atoms. The number of halogens is 1. The number of sulfonamides is 1. The summed E-state index contributed by atoms with van der Waals surface area (Å²) < 4.78 is 40.5. The molecule has 2 aromatic rings. The molecule has 1 N–H and O–H groups in total. The van der Waals surface area contributed by atoms with Crippen molar-refractivity contribution in [1.29, 1.82) is 0 Å². The molecule has 0 aliphatic carbocycles. The van der Waals surface area contributed by atoms with Gasteiger partial charge < -0.3 is 5.32 Å². The molecule has 2 rings (SSSR count). The van der Waals surface area contributed by atoms with E-state index in [1.54, 1.807) is 13.8 Å². The quantitative estimate of drug-likeness (QED) is 0.749. The van der Waals surface area contributed by atoms with E-state index in [1.807, 2.05) is 37.3 Å². The summed E-state index contributed by atoms with van der Waals surface area (Å²) in [5, 5.41) is 2.78. The second-order valence-electron chi connectivity index (χ2n) is 6.26. The van der Waals surface area contributed by atoms with Crippen molar-refractivity contribution in [3.05, 3.63) is 65.5 Å². The molecular weight excluding hydrogens is 367 g/mol. The van der Waals surface area contributed by atoms with Gasteiger partial charge in [0.2, 0.25) is 10.0 Å². The first kappa shape index (κ1) is 21.1. The van der Waals surface area contributed by atoms with E-state index < -0.39 is 26.6 Å². The predicted octanol–water partition coefficient (Wildman–Crippen LogP) is 3.39. The molecule has 1 amide bonds. The number of hydrogen-bond acceptors (Lipinski definition) is 3. The maximum atomic E-state index is 14.2. The van der Waals surface area contributed by atoms with Gasteiger partial charge in [-0.2, -0.15) is 4.31 Å². The molecule has 0 aliphatic rings. The number of carbonyl (C=O) groups excluding carboxylic acids is 1. The minimum absolute atomic E-state index is 0.0921. The molecule has 0 aromatic heterocycles. The van der Waals surface area contributed by atoms with Crippen molar-refractivity contribution in [3.63, 3.8) is 0 Å². The minimum atomic E-state index is -3.98. The number of rotatable bonds is 8. The molecule has 0 radical (unpaired) electrons. The van der Waals surface area contributed by atoms with Gasteiger partial charge in [-0.3, -0.25) is 4.79 Å². The highest BCUT2D eigenvalue weighted by Gasteiger charge is 2.26. The molecule has 146 valence electrons. The Morgan fingerprint density at radius 3 is 2.33 bits per heavy atom. The number of amides is 1. The van der Waals surface area contributed by atoms with Crippen molar-refractivity contribution in [1.82, 2.24) is 9.62 Å². The van der Waals surface area contributed by atoms with Gasteiger partial charge >= 0.3 is 0 Å². The molecular formula is C20H25FN2O3S. The Kier molecular flexibility index (Phi) is 7.10. The number of hydrogen-bond donors (Lipinski definition) is 1. The van der Waals surface area contributed by atoms with Crippen molar-refractivity contribution in [2.24, 2.45) is 0 Å². The van der Waals surface area contributed by atoms with E-state index in [1.165, 1.54) is 6.07 Å². The Morgan fingerprint density at radius 2 is 1.74 bits per heavy atom. The van der Waals surface area contributed by atoms with Gasteiger partial charge in [0.15, 0.2) is 0 Å². The minimum Gasteiger partial charge on any atom is -0.351 e. The van der Waals surface area contributed by atoms with E-state index in [0.29, 0.717) is 6.54 Å². The fourth-order valence-corrected chi connectivity index (χ4v) is 4.34. The Hall–Kier alpha value is -2.25. The van der Waals surface area contributed by atoms with Gasteiger partial charge in [0.1, 0.15) is 10.7 Å². The average Bonchev–Trinajstić information content (AvgIpc) is 2.67. The topological polar surface area (TPSA) is 66.5 Å². The van der Waals surface area contributed by atoms with Crippen LogP contribution in [0.1, 0.15) is 42.6 Å². The van der Waals surface area contributed by atoms with Crippen molar-refractivity contribution in [2.75, 3.05) is 19.6 Å². The van der Waals surface area contributed by atoms with Gasteiger partial charge in [-0.15, -0.1) is 0 Å². The third-order valence-electron chi connectivity index (χ3n) is 4.45. The maximum absolute atomic E-state index is 14.2. The van der Waals surface area contributed by atoms with Crippen LogP contribution in [0.2, 0.25) is 0 Å². The number of nitrogens with one attached hydrogen (secondary N) is 1. The molecule has 2 aromatic carbocycles. The highest BCUT2D eigenvalue weighted by Crippen LogP contribution is 2.21. The lowest BCUT2D eigenvalue weighted by atomic mass is 10.0. The van der Waals surface area contributed by atoms with E-state index in [0.717, 1.165) is 22.0 Å². The Labute approximate surface area is 160 Å². The highest BCUT2D eigenvalue weighted by atomic mass is 32.2. The average molecular weight is 392 g/mol. The van der Waals surface area contributed by atoms with Crippen LogP contribution >= 0.6 is 0 Å². The molecule has 27 heavy (non-hydrogen) atoms. The number of nitrogens with zero attached hydrogens (tertiary/aromatic N) is 1. The second kappa shape index (κ2) is 9.10. The molecule has 0 saturated carbocycles. The first-order chi connectivity index (χ1) is 12.8. The van der Waals surface area contributed by atoms with Crippen LogP contribution in [-0.4, -0.2) is 38.3 Å². The van der Waals surface area contributed by atoms with E-state index in [4.69, 9.17) is 0 Å². The van der Waals surface area contributed by atoms with Crippen molar-refractivity contribution in [2.45, 2.75) is 31.6 Å². The van der Waals surface area contributed by atoms with Crippen LogP contribution in [0.25, 0.3) is 0 Å². The van der Waals surface area contributed by atoms with E-state index >= 15 is 0 Å². The third kappa shape index (κ3) is 4.93. The van der Waals surface area contributed by atoms with Crippen LogP contribution in [-0.2, 0) is 10.0 Å². The molecule has 0 fully saturated rings. The summed E-state index contributed by atoms with van der Waals surface area (Å²) >= 11 is 0. The number of carbonyl (C=O) groups is 1. The van der Waals surface area contributed by atoms with Crippen LogP contribution in [0, 0.1) is 5.82 Å². The molecule has 1 unspecified atom stereocenters. The first-order valence-electron chi connectivity index (χ1n) is 8.94. The van der Waals surface area contributed by atoms with Crippen LogP contribution < -0.4 is 5.32 Å². The van der Waals surface area contributed by atoms with Crippen molar-refractivity contribution < 1.29 is 17.6 Å². The third-order valence-corrected chi connectivity index (χ3v) is 6.52. The fourth-order valence-electron chi connectivity index (χ4n) is 2.79. The van der Waals surface area contributed by atoms with Gasteiger partial charge in [-0.25, -0.2) is 12.8 Å². The maximum Gasteiger partial charge on any atom is 0.251 e. The molecule has 0 aliphatic heterocycles. The molecule has 7 heteroatoms. The molecule has 5 nitrogen and oxygen atoms in total. The summed E-state index contributed by atoms with van der Waals surface area (Å²) in [6.07, 6.45) is 0. The standard InChI is InChI=1S/C20H25FN2O3S/c1-4-23(5-2)27(25,26)19-13-17(11-12-18(19)21)20(24)22-14-15(3)16-9-7-6-8-10-16/h6-13,15H,4-5,14H2,1-3H3,(H,22,24). The summed E-state index contributed by atoms with van der Waals surface area (Å²) in [5.41, 5.74) is 1.20. The Balaban J connectivity index is 2.18. The molecule has 1 atom stereocenters. The largest absolute Gasteiger partial charge is 0.351 e. The lowest BCUT2D eigenvalue weighted by molar-refractivity contribution is 0.0951. The van der Waals surface area contributed by atoms with Crippen molar-refractivity contribution >= 4 is 15.9 Å². The van der Waals surface area contributed by atoms with Crippen molar-refractivity contribution in [3.8, 4) is 0 Å².